The predicted molar refractivity (Wildman–Crippen MR) is 78.8 cm³/mol. The molecule has 3 nitrogen and oxygen atoms in total. The number of guanidine groups is 1. The van der Waals surface area contributed by atoms with Gasteiger partial charge in [-0.3, -0.25) is 4.99 Å². The Morgan fingerprint density at radius 3 is 2.40 bits per heavy atom. The van der Waals surface area contributed by atoms with E-state index in [0.29, 0.717) is 0 Å². The average molecular weight is 384 g/mol. The highest BCUT2D eigenvalue weighted by molar-refractivity contribution is 14.0. The fourth-order valence-electron chi connectivity index (χ4n) is 1.07. The van der Waals surface area contributed by atoms with E-state index in [1.807, 2.05) is 19.2 Å². The number of halogens is 2. The molecule has 0 heterocycles. The highest BCUT2D eigenvalue weighted by Crippen LogP contribution is 2.09. The van der Waals surface area contributed by atoms with E-state index in [1.165, 1.54) is 5.56 Å². The molecule has 2 N–H and O–H groups in total. The number of nitrogens with one attached hydrogen (secondary N) is 2. The van der Waals surface area contributed by atoms with Crippen LogP contribution in [0.5, 0.6) is 0 Å². The van der Waals surface area contributed by atoms with Crippen molar-refractivity contribution in [1.82, 2.24) is 10.6 Å². The Hall–Kier alpha value is -0.300. The zero-order valence-corrected chi connectivity index (χ0v) is 12.7. The first kappa shape index (κ1) is 14.7. The van der Waals surface area contributed by atoms with Crippen molar-refractivity contribution < 1.29 is 0 Å². The highest BCUT2D eigenvalue weighted by atomic mass is 127. The van der Waals surface area contributed by atoms with Gasteiger partial charge >= 0.3 is 0 Å². The Bertz CT molecular complexity index is 311. The maximum atomic E-state index is 4.02. The topological polar surface area (TPSA) is 36.4 Å². The lowest BCUT2D eigenvalue weighted by atomic mass is 10.2. The van der Waals surface area contributed by atoms with E-state index in [2.05, 4.69) is 43.7 Å². The molecule has 1 rings (SSSR count). The van der Waals surface area contributed by atoms with Gasteiger partial charge in [0.2, 0.25) is 0 Å². The Kier molecular flexibility index (Phi) is 7.76. The molecule has 5 heteroatoms. The minimum atomic E-state index is 0. The summed E-state index contributed by atoms with van der Waals surface area (Å²) in [6, 6.07) is 8.19. The third-order valence-corrected chi connectivity index (χ3v) is 2.36. The summed E-state index contributed by atoms with van der Waals surface area (Å²) in [6.45, 7) is 0.779. The van der Waals surface area contributed by atoms with Gasteiger partial charge in [0.1, 0.15) is 0 Å². The first-order valence-electron chi connectivity index (χ1n) is 4.39. The molecular weight excluding hydrogens is 369 g/mol. The maximum absolute atomic E-state index is 4.02. The van der Waals surface area contributed by atoms with Crippen LogP contribution in [0.25, 0.3) is 0 Å². The maximum Gasteiger partial charge on any atom is 0.190 e. The lowest BCUT2D eigenvalue weighted by Gasteiger charge is -2.08. The molecule has 84 valence electrons. The van der Waals surface area contributed by atoms with Gasteiger partial charge in [-0.2, -0.15) is 0 Å². The number of aliphatic imine (C=N–C) groups is 1. The summed E-state index contributed by atoms with van der Waals surface area (Å²) < 4.78 is 1.10. The van der Waals surface area contributed by atoms with E-state index in [9.17, 15) is 0 Å². The standard InChI is InChI=1S/C10H14BrN3.HI/c1-12-10(13-2)14-7-8-3-5-9(11)6-4-8;/h3-6H,7H2,1-2H3,(H2,12,13,14);1H. The van der Waals surface area contributed by atoms with Gasteiger partial charge in [-0.05, 0) is 17.7 Å². The van der Waals surface area contributed by atoms with Crippen LogP contribution in [0.3, 0.4) is 0 Å². The predicted octanol–water partition coefficient (Wildman–Crippen LogP) is 2.36. The zero-order valence-electron chi connectivity index (χ0n) is 8.75. The fraction of sp³-hybridized carbons (Fsp3) is 0.300. The number of rotatable bonds is 2. The van der Waals surface area contributed by atoms with Crippen molar-refractivity contribution in [3.05, 3.63) is 34.3 Å². The Balaban J connectivity index is 0.00000196. The molecule has 1 aromatic carbocycles. The van der Waals surface area contributed by atoms with Gasteiger partial charge in [0.25, 0.3) is 0 Å². The molecule has 1 aromatic rings. The van der Waals surface area contributed by atoms with E-state index in [0.717, 1.165) is 17.0 Å². The Morgan fingerprint density at radius 2 is 1.93 bits per heavy atom. The van der Waals surface area contributed by atoms with Gasteiger partial charge in [-0.25, -0.2) is 0 Å². The van der Waals surface area contributed by atoms with E-state index in [-0.39, 0.29) is 24.0 Å². The van der Waals surface area contributed by atoms with E-state index in [1.54, 1.807) is 7.05 Å². The van der Waals surface area contributed by atoms with Crippen LogP contribution in [0, 0.1) is 0 Å². The van der Waals surface area contributed by atoms with Gasteiger partial charge < -0.3 is 10.6 Å². The smallest absolute Gasteiger partial charge is 0.190 e. The average Bonchev–Trinajstić information content (AvgIpc) is 2.22. The SMILES string of the molecule is CN=C(NC)NCc1ccc(Br)cc1.I. The third kappa shape index (κ3) is 5.36. The van der Waals surface area contributed by atoms with Crippen LogP contribution in [-0.2, 0) is 6.54 Å². The molecule has 0 atom stereocenters. The summed E-state index contributed by atoms with van der Waals surface area (Å²) in [4.78, 5) is 4.02. The number of benzene rings is 1. The van der Waals surface area contributed by atoms with Crippen molar-refractivity contribution in [1.29, 1.82) is 0 Å². The summed E-state index contributed by atoms with van der Waals surface area (Å²) in [5.74, 6) is 0.799. The van der Waals surface area contributed by atoms with Crippen molar-refractivity contribution in [2.75, 3.05) is 14.1 Å². The van der Waals surface area contributed by atoms with Crippen LogP contribution < -0.4 is 10.6 Å². The van der Waals surface area contributed by atoms with Crippen LogP contribution in [0.15, 0.2) is 33.7 Å². The minimum Gasteiger partial charge on any atom is -0.359 e. The fourth-order valence-corrected chi connectivity index (χ4v) is 1.33. The summed E-state index contributed by atoms with van der Waals surface area (Å²) >= 11 is 3.40. The summed E-state index contributed by atoms with van der Waals surface area (Å²) in [7, 11) is 3.59. The van der Waals surface area contributed by atoms with Gasteiger partial charge in [0.15, 0.2) is 5.96 Å². The molecule has 0 radical (unpaired) electrons. The summed E-state index contributed by atoms with van der Waals surface area (Å²) in [6.07, 6.45) is 0. The van der Waals surface area contributed by atoms with Crippen LogP contribution in [0.1, 0.15) is 5.56 Å². The van der Waals surface area contributed by atoms with E-state index in [4.69, 9.17) is 0 Å². The van der Waals surface area contributed by atoms with Gasteiger partial charge in [-0.1, -0.05) is 28.1 Å². The van der Waals surface area contributed by atoms with Crippen LogP contribution in [0.2, 0.25) is 0 Å². The summed E-state index contributed by atoms with van der Waals surface area (Å²) in [5, 5.41) is 6.14. The first-order chi connectivity index (χ1) is 6.76. The third-order valence-electron chi connectivity index (χ3n) is 1.83. The van der Waals surface area contributed by atoms with E-state index >= 15 is 0 Å². The molecule has 0 amide bonds. The second kappa shape index (κ2) is 7.92. The lowest BCUT2D eigenvalue weighted by molar-refractivity contribution is 0.866. The van der Waals surface area contributed by atoms with Crippen molar-refractivity contribution in [2.24, 2.45) is 4.99 Å². The quantitative estimate of drug-likeness (QED) is 0.467. The second-order valence-electron chi connectivity index (χ2n) is 2.80. The number of hydrogen-bond acceptors (Lipinski definition) is 1. The highest BCUT2D eigenvalue weighted by Gasteiger charge is 1.94. The molecule has 0 saturated carbocycles. The van der Waals surface area contributed by atoms with Crippen LogP contribution in [-0.4, -0.2) is 20.1 Å². The van der Waals surface area contributed by atoms with Crippen molar-refractivity contribution in [3.8, 4) is 0 Å². The monoisotopic (exact) mass is 383 g/mol. The summed E-state index contributed by atoms with van der Waals surface area (Å²) in [5.41, 5.74) is 1.23. The second-order valence-corrected chi connectivity index (χ2v) is 3.72. The largest absolute Gasteiger partial charge is 0.359 e. The lowest BCUT2D eigenvalue weighted by Crippen LogP contribution is -2.33. The van der Waals surface area contributed by atoms with Crippen molar-refractivity contribution in [2.45, 2.75) is 6.54 Å². The van der Waals surface area contributed by atoms with Crippen molar-refractivity contribution in [3.63, 3.8) is 0 Å². The normalized spacial score (nSPS) is 10.5. The van der Waals surface area contributed by atoms with Crippen LogP contribution >= 0.6 is 39.9 Å². The molecule has 0 bridgehead atoms. The Morgan fingerprint density at radius 1 is 1.33 bits per heavy atom. The molecule has 0 unspecified atom stereocenters. The number of nitrogens with zero attached hydrogens (tertiary/aromatic N) is 1. The molecule has 0 aromatic heterocycles. The molecule has 0 spiro atoms. The molecule has 0 aliphatic rings. The zero-order chi connectivity index (χ0) is 10.4. The van der Waals surface area contributed by atoms with Crippen LogP contribution in [0.4, 0.5) is 0 Å². The van der Waals surface area contributed by atoms with Gasteiger partial charge in [0, 0.05) is 25.1 Å². The Labute approximate surface area is 116 Å². The van der Waals surface area contributed by atoms with Gasteiger partial charge in [0.05, 0.1) is 0 Å². The molecule has 15 heavy (non-hydrogen) atoms. The minimum absolute atomic E-state index is 0. The molecule has 0 aliphatic carbocycles. The molecular formula is C10H15BrIN3. The molecule has 0 aliphatic heterocycles. The van der Waals surface area contributed by atoms with Gasteiger partial charge in [-0.15, -0.1) is 24.0 Å². The molecule has 0 fully saturated rings. The van der Waals surface area contributed by atoms with E-state index < -0.39 is 0 Å². The molecule has 0 saturated heterocycles. The number of hydrogen-bond donors (Lipinski definition) is 2. The first-order valence-corrected chi connectivity index (χ1v) is 5.18. The van der Waals surface area contributed by atoms with Crippen molar-refractivity contribution >= 4 is 45.9 Å².